The summed E-state index contributed by atoms with van der Waals surface area (Å²) >= 11 is 0. The number of hydrogen-bond donors (Lipinski definition) is 1. The van der Waals surface area contributed by atoms with Crippen LogP contribution in [0.5, 0.6) is 0 Å². The summed E-state index contributed by atoms with van der Waals surface area (Å²) in [5.74, 6) is 0.542. The van der Waals surface area contributed by atoms with Crippen LogP contribution in [0.2, 0.25) is 0 Å². The van der Waals surface area contributed by atoms with Gasteiger partial charge in [-0.3, -0.25) is 0 Å². The Morgan fingerprint density at radius 2 is 1.71 bits per heavy atom. The Labute approximate surface area is 89.9 Å². The van der Waals surface area contributed by atoms with Gasteiger partial charge in [0.15, 0.2) is 0 Å². The van der Waals surface area contributed by atoms with Crippen LogP contribution in [0.15, 0.2) is 0 Å². The summed E-state index contributed by atoms with van der Waals surface area (Å²) in [6.45, 7) is 9.41. The van der Waals surface area contributed by atoms with Crippen LogP contribution in [0.25, 0.3) is 0 Å². The highest BCUT2D eigenvalue weighted by atomic mass is 16.3. The maximum atomic E-state index is 9.22. The van der Waals surface area contributed by atoms with E-state index in [-0.39, 0.29) is 0 Å². The van der Waals surface area contributed by atoms with Crippen LogP contribution in [0.4, 0.5) is 0 Å². The molecule has 0 saturated carbocycles. The van der Waals surface area contributed by atoms with Gasteiger partial charge in [0.2, 0.25) is 0 Å². The van der Waals surface area contributed by atoms with Crippen molar-refractivity contribution in [1.82, 2.24) is 0 Å². The zero-order chi connectivity index (χ0) is 11.0. The van der Waals surface area contributed by atoms with Gasteiger partial charge in [-0.1, -0.05) is 47.0 Å². The molecule has 14 heavy (non-hydrogen) atoms. The molecule has 0 heterocycles. The SMILES string of the molecule is CCCCC[C@@H](CO)CCC(C)(C)C. The molecule has 0 fully saturated rings. The van der Waals surface area contributed by atoms with Crippen molar-refractivity contribution in [2.45, 2.75) is 66.2 Å². The van der Waals surface area contributed by atoms with Crippen LogP contribution in [0.1, 0.15) is 66.2 Å². The van der Waals surface area contributed by atoms with E-state index in [4.69, 9.17) is 0 Å². The summed E-state index contributed by atoms with van der Waals surface area (Å²) in [7, 11) is 0. The average molecular weight is 200 g/mol. The molecule has 0 rings (SSSR count). The summed E-state index contributed by atoms with van der Waals surface area (Å²) in [5.41, 5.74) is 0.415. The van der Waals surface area contributed by atoms with Crippen LogP contribution in [0.3, 0.4) is 0 Å². The average Bonchev–Trinajstić information content (AvgIpc) is 2.09. The van der Waals surface area contributed by atoms with Gasteiger partial charge in [0, 0.05) is 6.61 Å². The van der Waals surface area contributed by atoms with Crippen LogP contribution in [0, 0.1) is 11.3 Å². The first-order chi connectivity index (χ1) is 6.49. The van der Waals surface area contributed by atoms with E-state index in [9.17, 15) is 5.11 Å². The molecule has 0 bridgehead atoms. The Bertz CT molecular complexity index is 124. The number of rotatable bonds is 7. The summed E-state index contributed by atoms with van der Waals surface area (Å²) in [6.07, 6.45) is 7.49. The molecule has 0 spiro atoms. The maximum Gasteiger partial charge on any atom is 0.0459 e. The lowest BCUT2D eigenvalue weighted by Crippen LogP contribution is -2.12. The standard InChI is InChI=1S/C13H28O/c1-5-6-7-8-12(11-14)9-10-13(2,3)4/h12,14H,5-11H2,1-4H3/t12-/m1/s1. The van der Waals surface area contributed by atoms with E-state index in [1.807, 2.05) is 0 Å². The minimum atomic E-state index is 0.375. The summed E-state index contributed by atoms with van der Waals surface area (Å²) < 4.78 is 0. The van der Waals surface area contributed by atoms with Crippen molar-refractivity contribution in [3.05, 3.63) is 0 Å². The van der Waals surface area contributed by atoms with Gasteiger partial charge in [0.1, 0.15) is 0 Å². The fraction of sp³-hybridized carbons (Fsp3) is 1.00. The Morgan fingerprint density at radius 1 is 1.07 bits per heavy atom. The van der Waals surface area contributed by atoms with Crippen molar-refractivity contribution in [1.29, 1.82) is 0 Å². The molecule has 0 radical (unpaired) electrons. The van der Waals surface area contributed by atoms with Crippen LogP contribution in [-0.2, 0) is 0 Å². The molecule has 0 aliphatic carbocycles. The van der Waals surface area contributed by atoms with E-state index >= 15 is 0 Å². The second kappa shape index (κ2) is 7.28. The fourth-order valence-corrected chi connectivity index (χ4v) is 1.65. The maximum absolute atomic E-state index is 9.22. The third kappa shape index (κ3) is 8.55. The van der Waals surface area contributed by atoms with Crippen LogP contribution >= 0.6 is 0 Å². The molecule has 0 aromatic carbocycles. The summed E-state index contributed by atoms with van der Waals surface area (Å²) in [5, 5.41) is 9.22. The highest BCUT2D eigenvalue weighted by molar-refractivity contribution is 4.66. The van der Waals surface area contributed by atoms with Gasteiger partial charge >= 0.3 is 0 Å². The third-order valence-corrected chi connectivity index (χ3v) is 2.78. The van der Waals surface area contributed by atoms with Crippen molar-refractivity contribution in [2.75, 3.05) is 6.61 Å². The summed E-state index contributed by atoms with van der Waals surface area (Å²) in [4.78, 5) is 0. The molecule has 0 aliphatic heterocycles. The first kappa shape index (κ1) is 14.0. The molecular weight excluding hydrogens is 172 g/mol. The van der Waals surface area contributed by atoms with E-state index in [1.54, 1.807) is 0 Å². The molecule has 1 nitrogen and oxygen atoms in total. The zero-order valence-electron chi connectivity index (χ0n) is 10.5. The molecule has 0 unspecified atom stereocenters. The second-order valence-corrected chi connectivity index (χ2v) is 5.64. The van der Waals surface area contributed by atoms with E-state index in [2.05, 4.69) is 27.7 Å². The van der Waals surface area contributed by atoms with Crippen molar-refractivity contribution >= 4 is 0 Å². The fourth-order valence-electron chi connectivity index (χ4n) is 1.65. The molecule has 0 aromatic rings. The number of hydrogen-bond acceptors (Lipinski definition) is 1. The predicted octanol–water partition coefficient (Wildman–Crippen LogP) is 4.00. The molecule has 86 valence electrons. The largest absolute Gasteiger partial charge is 0.396 e. The molecular formula is C13H28O. The Kier molecular flexibility index (Phi) is 7.26. The molecule has 1 atom stereocenters. The first-order valence-corrected chi connectivity index (χ1v) is 6.10. The minimum Gasteiger partial charge on any atom is -0.396 e. The smallest absolute Gasteiger partial charge is 0.0459 e. The van der Waals surface area contributed by atoms with Crippen molar-refractivity contribution in [3.63, 3.8) is 0 Å². The molecule has 0 saturated heterocycles. The van der Waals surface area contributed by atoms with Gasteiger partial charge < -0.3 is 5.11 Å². The van der Waals surface area contributed by atoms with Crippen LogP contribution in [-0.4, -0.2) is 11.7 Å². The van der Waals surface area contributed by atoms with Gasteiger partial charge in [-0.05, 0) is 30.6 Å². The molecule has 1 N–H and O–H groups in total. The number of unbranched alkanes of at least 4 members (excludes halogenated alkanes) is 2. The first-order valence-electron chi connectivity index (χ1n) is 6.10. The van der Waals surface area contributed by atoms with Gasteiger partial charge in [-0.15, -0.1) is 0 Å². The van der Waals surface area contributed by atoms with Crippen LogP contribution < -0.4 is 0 Å². The van der Waals surface area contributed by atoms with Gasteiger partial charge in [-0.2, -0.15) is 0 Å². The highest BCUT2D eigenvalue weighted by Crippen LogP contribution is 2.25. The molecule has 0 aromatic heterocycles. The van der Waals surface area contributed by atoms with Gasteiger partial charge in [0.05, 0.1) is 0 Å². The topological polar surface area (TPSA) is 20.2 Å². The van der Waals surface area contributed by atoms with Crippen molar-refractivity contribution in [3.8, 4) is 0 Å². The lowest BCUT2D eigenvalue weighted by Gasteiger charge is -2.21. The third-order valence-electron chi connectivity index (χ3n) is 2.78. The number of aliphatic hydroxyl groups is 1. The van der Waals surface area contributed by atoms with Crippen molar-refractivity contribution < 1.29 is 5.11 Å². The summed E-state index contributed by atoms with van der Waals surface area (Å²) in [6, 6.07) is 0. The Morgan fingerprint density at radius 3 is 2.14 bits per heavy atom. The minimum absolute atomic E-state index is 0.375. The van der Waals surface area contributed by atoms with E-state index in [0.717, 1.165) is 0 Å². The van der Waals surface area contributed by atoms with Gasteiger partial charge in [0.25, 0.3) is 0 Å². The monoisotopic (exact) mass is 200 g/mol. The lowest BCUT2D eigenvalue weighted by molar-refractivity contribution is 0.190. The zero-order valence-corrected chi connectivity index (χ0v) is 10.5. The lowest BCUT2D eigenvalue weighted by atomic mass is 9.85. The quantitative estimate of drug-likeness (QED) is 0.616. The predicted molar refractivity (Wildman–Crippen MR) is 63.4 cm³/mol. The van der Waals surface area contributed by atoms with E-state index < -0.39 is 0 Å². The molecule has 0 aliphatic rings. The Balaban J connectivity index is 3.58. The number of aliphatic hydroxyl groups excluding tert-OH is 1. The molecule has 0 amide bonds. The normalized spacial score (nSPS) is 14.4. The molecule has 1 heteroatoms. The highest BCUT2D eigenvalue weighted by Gasteiger charge is 2.14. The second-order valence-electron chi connectivity index (χ2n) is 5.64. The van der Waals surface area contributed by atoms with E-state index in [1.165, 1.54) is 38.5 Å². The van der Waals surface area contributed by atoms with E-state index in [0.29, 0.717) is 17.9 Å². The Hall–Kier alpha value is -0.0400. The van der Waals surface area contributed by atoms with Crippen molar-refractivity contribution in [2.24, 2.45) is 11.3 Å². The van der Waals surface area contributed by atoms with Gasteiger partial charge in [-0.25, -0.2) is 0 Å².